The molecule has 0 aliphatic heterocycles. The first-order chi connectivity index (χ1) is 13.6. The summed E-state index contributed by atoms with van der Waals surface area (Å²) in [6.45, 7) is 14.6. The summed E-state index contributed by atoms with van der Waals surface area (Å²) in [5.74, 6) is 0. The summed E-state index contributed by atoms with van der Waals surface area (Å²) in [5, 5.41) is 0. The Morgan fingerprint density at radius 2 is 1.46 bits per heavy atom. The minimum atomic E-state index is -2.18. The van der Waals surface area contributed by atoms with Crippen molar-refractivity contribution in [3.63, 3.8) is 0 Å². The Morgan fingerprint density at radius 1 is 0.929 bits per heavy atom. The van der Waals surface area contributed by atoms with Gasteiger partial charge in [-0.15, -0.1) is 0 Å². The Morgan fingerprint density at radius 3 is 1.96 bits per heavy atom. The van der Waals surface area contributed by atoms with Crippen LogP contribution >= 0.6 is 0 Å². The molecule has 3 heteroatoms. The molecule has 1 atom stereocenters. The van der Waals surface area contributed by atoms with Crippen LogP contribution in [0.4, 0.5) is 0 Å². The van der Waals surface area contributed by atoms with Gasteiger partial charge in [-0.1, -0.05) is 0 Å². The quantitative estimate of drug-likeness (QED) is 0.0945. The molecule has 2 nitrogen and oxygen atoms in total. The summed E-state index contributed by atoms with van der Waals surface area (Å²) in [4.78, 5) is 0. The third-order valence-corrected chi connectivity index (χ3v) is 21.4. The molecule has 0 spiro atoms. The van der Waals surface area contributed by atoms with Gasteiger partial charge < -0.3 is 0 Å². The van der Waals surface area contributed by atoms with Gasteiger partial charge in [0.25, 0.3) is 0 Å². The van der Waals surface area contributed by atoms with Crippen LogP contribution in [-0.4, -0.2) is 31.3 Å². The molecule has 0 N–H and O–H groups in total. The van der Waals surface area contributed by atoms with Gasteiger partial charge in [-0.25, -0.2) is 0 Å². The molecule has 0 aliphatic carbocycles. The molecule has 160 valence electrons. The summed E-state index contributed by atoms with van der Waals surface area (Å²) < 4.78 is 17.6. The number of hydrogen-bond acceptors (Lipinski definition) is 2. The van der Waals surface area contributed by atoms with E-state index in [1.807, 2.05) is 18.2 Å². The van der Waals surface area contributed by atoms with Crippen molar-refractivity contribution in [3.05, 3.63) is 48.0 Å². The number of unbranched alkanes of at least 4 members (excludes halogenated alkanes) is 3. The van der Waals surface area contributed by atoms with Crippen molar-refractivity contribution >= 4 is 18.4 Å². The second-order valence-electron chi connectivity index (χ2n) is 8.41. The normalized spacial score (nSPS) is 12.9. The van der Waals surface area contributed by atoms with Gasteiger partial charge >= 0.3 is 179 Å². The van der Waals surface area contributed by atoms with Crippen LogP contribution in [0.25, 0.3) is 0 Å². The van der Waals surface area contributed by atoms with Gasteiger partial charge in [0.1, 0.15) is 0 Å². The zero-order valence-corrected chi connectivity index (χ0v) is 21.8. The second-order valence-corrected chi connectivity index (χ2v) is 22.3. The first-order valence-electron chi connectivity index (χ1n) is 11.5. The molecule has 0 saturated carbocycles. The van der Waals surface area contributed by atoms with E-state index in [2.05, 4.69) is 46.4 Å². The standard InChI is InChI=1S/C13H17O2.3C4H9.Sn/c1-11(2)12(3)15-10-14-9-13-7-5-4-6-8-13;3*1-3-4-2;/h4-8,12H,1-2,9-10H2,3H3;3*1,3-4H2,2H3;/t12-;;;;/m0..../s1. The van der Waals surface area contributed by atoms with Crippen LogP contribution < -0.4 is 0 Å². The summed E-state index contributed by atoms with van der Waals surface area (Å²) >= 11 is -2.18. The molecule has 0 unspecified atom stereocenters. The van der Waals surface area contributed by atoms with E-state index in [0.717, 1.165) is 0 Å². The van der Waals surface area contributed by atoms with Gasteiger partial charge in [-0.3, -0.25) is 0 Å². The van der Waals surface area contributed by atoms with Gasteiger partial charge in [-0.05, 0) is 0 Å². The first-order valence-corrected chi connectivity index (χ1v) is 19.5. The summed E-state index contributed by atoms with van der Waals surface area (Å²) in [6, 6.07) is 10.3. The van der Waals surface area contributed by atoms with Crippen molar-refractivity contribution in [2.24, 2.45) is 0 Å². The van der Waals surface area contributed by atoms with Crippen molar-refractivity contribution in [3.8, 4) is 0 Å². The van der Waals surface area contributed by atoms with Crippen molar-refractivity contribution in [2.75, 3.05) is 6.79 Å². The molecule has 0 aliphatic rings. The average molecular weight is 495 g/mol. The minimum absolute atomic E-state index is 0.0942. The molecule has 28 heavy (non-hydrogen) atoms. The fourth-order valence-corrected chi connectivity index (χ4v) is 20.6. The van der Waals surface area contributed by atoms with Gasteiger partial charge in [0.05, 0.1) is 0 Å². The average Bonchev–Trinajstić information content (AvgIpc) is 2.72. The number of benzene rings is 1. The Kier molecular flexibility index (Phi) is 14.2. The van der Waals surface area contributed by atoms with Gasteiger partial charge in [0.15, 0.2) is 0 Å². The topological polar surface area (TPSA) is 18.5 Å². The van der Waals surface area contributed by atoms with Crippen LogP contribution in [0.5, 0.6) is 0 Å². The Hall–Kier alpha value is -0.321. The Labute approximate surface area is 179 Å². The Bertz CT molecular complexity index is 493. The molecule has 0 aromatic heterocycles. The predicted octanol–water partition coefficient (Wildman–Crippen LogP) is 7.97. The van der Waals surface area contributed by atoms with E-state index < -0.39 is 18.4 Å². The molecule has 1 rings (SSSR count). The van der Waals surface area contributed by atoms with Crippen LogP contribution in [0.15, 0.2) is 42.5 Å². The molecule has 0 fully saturated rings. The van der Waals surface area contributed by atoms with E-state index >= 15 is 0 Å². The van der Waals surface area contributed by atoms with Crippen LogP contribution in [0.1, 0.15) is 71.8 Å². The van der Waals surface area contributed by atoms with Gasteiger partial charge in [0, 0.05) is 0 Å². The molecule has 1 aromatic carbocycles. The molecule has 0 amide bonds. The van der Waals surface area contributed by atoms with E-state index in [4.69, 9.17) is 9.47 Å². The fourth-order valence-electron chi connectivity index (χ4n) is 3.92. The monoisotopic (exact) mass is 496 g/mol. The number of hydrogen-bond donors (Lipinski definition) is 0. The van der Waals surface area contributed by atoms with E-state index in [1.54, 1.807) is 0 Å². The molecule has 0 radical (unpaired) electrons. The summed E-state index contributed by atoms with van der Waals surface area (Å²) in [6.07, 6.45) is 8.29. The fraction of sp³-hybridized carbons (Fsp3) is 0.680. The first kappa shape index (κ1) is 25.7. The second kappa shape index (κ2) is 15.5. The molecule has 1 aromatic rings. The van der Waals surface area contributed by atoms with Crippen molar-refractivity contribution in [1.82, 2.24) is 0 Å². The van der Waals surface area contributed by atoms with Crippen molar-refractivity contribution in [2.45, 2.75) is 96.7 Å². The van der Waals surface area contributed by atoms with Crippen molar-refractivity contribution < 1.29 is 9.47 Å². The molecule has 0 heterocycles. The van der Waals surface area contributed by atoms with Crippen LogP contribution in [-0.2, 0) is 16.1 Å². The molecular weight excluding hydrogens is 451 g/mol. The maximum atomic E-state index is 6.00. The number of rotatable bonds is 17. The maximum absolute atomic E-state index is 6.00. The summed E-state index contributed by atoms with van der Waals surface area (Å²) in [7, 11) is 0. The van der Waals surface area contributed by atoms with E-state index in [-0.39, 0.29) is 6.10 Å². The van der Waals surface area contributed by atoms with E-state index in [1.165, 1.54) is 67.4 Å². The van der Waals surface area contributed by atoms with Gasteiger partial charge in [-0.2, -0.15) is 0 Å². The molecular formula is C25H44O2Sn. The zero-order chi connectivity index (χ0) is 20.7. The van der Waals surface area contributed by atoms with Crippen molar-refractivity contribution in [1.29, 1.82) is 0 Å². The van der Waals surface area contributed by atoms with Crippen LogP contribution in [0.2, 0.25) is 17.7 Å². The zero-order valence-electron chi connectivity index (χ0n) is 19.0. The van der Waals surface area contributed by atoms with E-state index in [9.17, 15) is 0 Å². The third kappa shape index (κ3) is 10.5. The predicted molar refractivity (Wildman–Crippen MR) is 125 cm³/mol. The van der Waals surface area contributed by atoms with Gasteiger partial charge in [0.2, 0.25) is 0 Å². The SMILES string of the molecule is C=C([CH2][Sn]([CH2]CCC)([CH2]CCC)[CH2]CCC)[C@H](C)OCOCc1ccccc1. The molecule has 0 saturated heterocycles. The molecule has 0 bridgehead atoms. The van der Waals surface area contributed by atoms with E-state index in [0.29, 0.717) is 13.4 Å². The Balaban J connectivity index is 2.54. The summed E-state index contributed by atoms with van der Waals surface area (Å²) in [5.41, 5.74) is 2.51. The van der Waals surface area contributed by atoms with Crippen LogP contribution in [0.3, 0.4) is 0 Å². The van der Waals surface area contributed by atoms with Crippen LogP contribution in [0, 0.1) is 0 Å². The number of ether oxygens (including phenoxy) is 2. The third-order valence-electron chi connectivity index (χ3n) is 5.87.